The van der Waals surface area contributed by atoms with E-state index in [0.717, 1.165) is 12.5 Å². The van der Waals surface area contributed by atoms with E-state index in [4.69, 9.17) is 38.4 Å². The molecule has 0 heterocycles. The summed E-state index contributed by atoms with van der Waals surface area (Å²) < 4.78 is 20.2. The molecular formula is C12H32O9Si. The van der Waals surface area contributed by atoms with E-state index in [1.165, 1.54) is 0 Å². The molecular weight excluding hydrogens is 316 g/mol. The van der Waals surface area contributed by atoms with Gasteiger partial charge < -0.3 is 43.9 Å². The van der Waals surface area contributed by atoms with Crippen molar-refractivity contribution in [2.45, 2.75) is 31.6 Å². The average Bonchev–Trinajstić information content (AvgIpc) is 2.53. The zero-order chi connectivity index (χ0) is 16.7. The predicted octanol–water partition coefficient (Wildman–Crippen LogP) is -1.84. The second-order valence-corrected chi connectivity index (χ2v) is 7.35. The molecule has 22 heavy (non-hydrogen) atoms. The maximum Gasteiger partial charge on any atom is 0.500 e. The van der Waals surface area contributed by atoms with Gasteiger partial charge in [-0.05, 0) is 0 Å². The van der Waals surface area contributed by atoms with E-state index in [0.29, 0.717) is 0 Å². The van der Waals surface area contributed by atoms with Crippen LogP contribution >= 0.6 is 0 Å². The van der Waals surface area contributed by atoms with Gasteiger partial charge in [0.2, 0.25) is 0 Å². The fourth-order valence-electron chi connectivity index (χ4n) is 1.31. The lowest BCUT2D eigenvalue weighted by molar-refractivity contribution is -0.0364. The Balaban J connectivity index is -0.000000315. The number of ether oxygens (including phenoxy) is 1. The summed E-state index contributed by atoms with van der Waals surface area (Å²) in [6.45, 7) is 1.28. The fraction of sp³-hybridized carbons (Fsp3) is 1.00. The zero-order valence-corrected chi connectivity index (χ0v) is 14.8. The van der Waals surface area contributed by atoms with Crippen molar-refractivity contribution in [1.29, 1.82) is 0 Å². The molecule has 0 rings (SSSR count). The van der Waals surface area contributed by atoms with Crippen LogP contribution in [0.1, 0.15) is 13.3 Å². The van der Waals surface area contributed by atoms with Crippen LogP contribution in [0.5, 0.6) is 0 Å². The molecule has 0 aliphatic carbocycles. The van der Waals surface area contributed by atoms with Crippen LogP contribution in [0.15, 0.2) is 0 Å². The molecule has 2 unspecified atom stereocenters. The first kappa shape index (κ1) is 26.7. The molecule has 6 N–H and O–H groups in total. The van der Waals surface area contributed by atoms with Gasteiger partial charge in [-0.25, -0.2) is 0 Å². The van der Waals surface area contributed by atoms with Gasteiger partial charge >= 0.3 is 8.80 Å². The first-order valence-corrected chi connectivity index (χ1v) is 8.69. The summed E-state index contributed by atoms with van der Waals surface area (Å²) in [6, 6.07) is 0.885. The maximum absolute atomic E-state index is 8.72. The molecule has 10 heteroatoms. The normalized spacial score (nSPS) is 13.6. The van der Waals surface area contributed by atoms with Gasteiger partial charge in [0, 0.05) is 27.4 Å². The van der Waals surface area contributed by atoms with Gasteiger partial charge in [-0.1, -0.05) is 13.3 Å². The van der Waals surface area contributed by atoms with Crippen LogP contribution in [-0.4, -0.2) is 94.7 Å². The van der Waals surface area contributed by atoms with Crippen molar-refractivity contribution in [2.24, 2.45) is 0 Å². The van der Waals surface area contributed by atoms with Gasteiger partial charge in [0.05, 0.1) is 26.4 Å². The van der Waals surface area contributed by atoms with Crippen molar-refractivity contribution in [2.75, 3.05) is 47.8 Å². The lowest BCUT2D eigenvalue weighted by Crippen LogP contribution is -2.42. The minimum atomic E-state index is -2.22. The topological polar surface area (TPSA) is 149 Å². The second kappa shape index (κ2) is 17.2. The predicted molar refractivity (Wildman–Crippen MR) is 82.5 cm³/mol. The van der Waals surface area contributed by atoms with Crippen molar-refractivity contribution in [3.8, 4) is 0 Å². The van der Waals surface area contributed by atoms with E-state index in [1.807, 2.05) is 0 Å². The summed E-state index contributed by atoms with van der Waals surface area (Å²) in [5.74, 6) is 0. The van der Waals surface area contributed by atoms with Crippen molar-refractivity contribution >= 4 is 8.80 Å². The van der Waals surface area contributed by atoms with E-state index < -0.39 is 21.0 Å². The third-order valence-corrected chi connectivity index (χ3v) is 5.51. The molecule has 138 valence electrons. The Morgan fingerprint density at radius 2 is 1.23 bits per heavy atom. The number of aliphatic hydroxyl groups excluding tert-OH is 4. The third kappa shape index (κ3) is 13.5. The summed E-state index contributed by atoms with van der Waals surface area (Å²) in [5, 5.41) is 34.1. The van der Waals surface area contributed by atoms with Gasteiger partial charge in [0.25, 0.3) is 0 Å². The van der Waals surface area contributed by atoms with Gasteiger partial charge in [0.15, 0.2) is 0 Å². The third-order valence-electron chi connectivity index (χ3n) is 2.53. The Kier molecular flexibility index (Phi) is 20.9. The van der Waals surface area contributed by atoms with E-state index >= 15 is 0 Å². The Labute approximate surface area is 133 Å². The monoisotopic (exact) mass is 348 g/mol. The summed E-state index contributed by atoms with van der Waals surface area (Å²) in [6.07, 6.45) is -0.802. The molecule has 2 atom stereocenters. The van der Waals surface area contributed by atoms with E-state index in [-0.39, 0.29) is 31.9 Å². The lowest BCUT2D eigenvalue weighted by Gasteiger charge is -2.23. The highest BCUT2D eigenvalue weighted by molar-refractivity contribution is 6.60. The van der Waals surface area contributed by atoms with E-state index in [9.17, 15) is 0 Å². The molecule has 0 aliphatic rings. The van der Waals surface area contributed by atoms with Crippen LogP contribution in [0.2, 0.25) is 6.04 Å². The fourth-order valence-corrected chi connectivity index (χ4v) is 3.03. The molecule has 0 saturated heterocycles. The van der Waals surface area contributed by atoms with Crippen molar-refractivity contribution in [3.63, 3.8) is 0 Å². The Morgan fingerprint density at radius 1 is 0.864 bits per heavy atom. The molecule has 9 nitrogen and oxygen atoms in total. The quantitative estimate of drug-likeness (QED) is 0.318. The maximum atomic E-state index is 8.72. The van der Waals surface area contributed by atoms with Crippen LogP contribution in [0.25, 0.3) is 0 Å². The first-order valence-electron chi connectivity index (χ1n) is 6.76. The minimum absolute atomic E-state index is 0. The molecule has 0 saturated carbocycles. The Bertz CT molecular complexity index is 199. The summed E-state index contributed by atoms with van der Waals surface area (Å²) in [4.78, 5) is 0. The number of rotatable bonds is 11. The Hall–Kier alpha value is -0.143. The highest BCUT2D eigenvalue weighted by atomic mass is 28.4. The molecule has 0 spiro atoms. The van der Waals surface area contributed by atoms with Crippen LogP contribution in [0, 0.1) is 0 Å². The van der Waals surface area contributed by atoms with Crippen LogP contribution in [0.3, 0.4) is 0 Å². The van der Waals surface area contributed by atoms with Gasteiger partial charge in [0.1, 0.15) is 12.2 Å². The van der Waals surface area contributed by atoms with E-state index in [2.05, 4.69) is 6.92 Å². The van der Waals surface area contributed by atoms with Gasteiger partial charge in [-0.15, -0.1) is 0 Å². The first-order chi connectivity index (χ1) is 9.94. The second-order valence-electron chi connectivity index (χ2n) is 4.26. The van der Waals surface area contributed by atoms with Crippen LogP contribution in [0.4, 0.5) is 0 Å². The molecule has 0 fully saturated rings. The SMILES string of the molecule is CCC[Si](OC)(OC)OC.O.OCC(O)COCC(O)CO. The van der Waals surface area contributed by atoms with Crippen molar-refractivity contribution in [3.05, 3.63) is 0 Å². The van der Waals surface area contributed by atoms with Crippen LogP contribution in [-0.2, 0) is 18.0 Å². The number of hydrogen-bond acceptors (Lipinski definition) is 8. The minimum Gasteiger partial charge on any atom is -0.412 e. The van der Waals surface area contributed by atoms with Gasteiger partial charge in [-0.3, -0.25) is 0 Å². The zero-order valence-electron chi connectivity index (χ0n) is 13.8. The molecule has 0 radical (unpaired) electrons. The molecule has 0 aromatic carbocycles. The highest BCUT2D eigenvalue weighted by Gasteiger charge is 2.36. The summed E-state index contributed by atoms with van der Waals surface area (Å²) in [7, 11) is 2.68. The van der Waals surface area contributed by atoms with Crippen LogP contribution < -0.4 is 0 Å². The smallest absolute Gasteiger partial charge is 0.412 e. The molecule has 0 bridgehead atoms. The lowest BCUT2D eigenvalue weighted by atomic mass is 10.4. The largest absolute Gasteiger partial charge is 0.500 e. The van der Waals surface area contributed by atoms with Gasteiger partial charge in [-0.2, -0.15) is 0 Å². The molecule has 0 aromatic rings. The van der Waals surface area contributed by atoms with Crippen molar-refractivity contribution in [1.82, 2.24) is 0 Å². The Morgan fingerprint density at radius 3 is 1.41 bits per heavy atom. The standard InChI is InChI=1S/C6H14O5.C6H16O3Si.H2O/c7-1-5(9)3-11-4-6(10)2-8;1-5-6-10(7-2,8-3)9-4;/h5-10H,1-4H2;5-6H2,1-4H3;1H2. The van der Waals surface area contributed by atoms with E-state index in [1.54, 1.807) is 21.3 Å². The molecule has 0 amide bonds. The summed E-state index contributed by atoms with van der Waals surface area (Å²) >= 11 is 0. The summed E-state index contributed by atoms with van der Waals surface area (Å²) in [5.41, 5.74) is 0. The van der Waals surface area contributed by atoms with Crippen molar-refractivity contribution < 1.29 is 43.9 Å². The number of hydrogen-bond donors (Lipinski definition) is 4. The number of aliphatic hydroxyl groups is 4. The molecule has 0 aromatic heterocycles. The average molecular weight is 348 g/mol. The molecule has 0 aliphatic heterocycles. The highest BCUT2D eigenvalue weighted by Crippen LogP contribution is 2.13.